The fourth-order valence-electron chi connectivity index (χ4n) is 2.24. The van der Waals surface area contributed by atoms with Gasteiger partial charge in [-0.1, -0.05) is 35.3 Å². The molecule has 1 heterocycles. The van der Waals surface area contributed by atoms with Crippen molar-refractivity contribution in [3.8, 4) is 5.75 Å². The molecule has 1 aliphatic heterocycles. The van der Waals surface area contributed by atoms with Gasteiger partial charge >= 0.3 is 0 Å². The van der Waals surface area contributed by atoms with Crippen LogP contribution in [0, 0.1) is 0 Å². The van der Waals surface area contributed by atoms with Crippen LogP contribution in [-0.2, 0) is 6.42 Å². The van der Waals surface area contributed by atoms with E-state index in [1.807, 2.05) is 19.9 Å². The third-order valence-electron chi connectivity index (χ3n) is 3.25. The second-order valence-electron chi connectivity index (χ2n) is 5.17. The smallest absolute Gasteiger partial charge is 0.126 e. The lowest BCUT2D eigenvalue weighted by atomic mass is 9.90. The van der Waals surface area contributed by atoms with Crippen molar-refractivity contribution in [2.24, 2.45) is 0 Å². The lowest BCUT2D eigenvalue weighted by Gasteiger charge is -2.40. The molecule has 0 radical (unpaired) electrons. The van der Waals surface area contributed by atoms with Gasteiger partial charge in [0.15, 0.2) is 0 Å². The molecule has 1 N–H and O–H groups in total. The number of aryl methyl sites for hydroxylation is 1. The Morgan fingerprint density at radius 3 is 2.76 bits per heavy atom. The number of aliphatic hydroxyl groups is 1. The number of benzene rings is 1. The predicted molar refractivity (Wildman–Crippen MR) is 72.8 cm³/mol. The fourth-order valence-corrected chi connectivity index (χ4v) is 2.62. The van der Waals surface area contributed by atoms with E-state index in [9.17, 15) is 5.11 Å². The van der Waals surface area contributed by atoms with Crippen LogP contribution in [0.4, 0.5) is 0 Å². The van der Waals surface area contributed by atoms with Crippen molar-refractivity contribution in [3.63, 3.8) is 0 Å². The summed E-state index contributed by atoms with van der Waals surface area (Å²) >= 11 is 3.53. The lowest BCUT2D eigenvalue weighted by molar-refractivity contribution is 0.0225. The molecule has 0 spiro atoms. The van der Waals surface area contributed by atoms with E-state index in [2.05, 4.69) is 35.0 Å². The number of aliphatic hydroxyl groups excluding tert-OH is 1. The molecule has 1 aromatic carbocycles. The zero-order valence-electron chi connectivity index (χ0n) is 10.5. The van der Waals surface area contributed by atoms with E-state index in [1.54, 1.807) is 0 Å². The van der Waals surface area contributed by atoms with E-state index in [0.717, 1.165) is 24.2 Å². The van der Waals surface area contributed by atoms with E-state index in [-0.39, 0.29) is 4.83 Å². The maximum atomic E-state index is 10.3. The van der Waals surface area contributed by atoms with Gasteiger partial charge in [-0.25, -0.2) is 0 Å². The number of rotatable bonds is 2. The average Bonchev–Trinajstić information content (AvgIpc) is 2.27. The van der Waals surface area contributed by atoms with Crippen LogP contribution in [0.1, 0.15) is 44.4 Å². The summed E-state index contributed by atoms with van der Waals surface area (Å²) in [5.41, 5.74) is 1.77. The Balaban J connectivity index is 2.39. The maximum Gasteiger partial charge on any atom is 0.126 e. The lowest BCUT2D eigenvalue weighted by Crippen LogP contribution is -2.45. The number of halogens is 1. The molecule has 0 bridgehead atoms. The number of fused-ring (bicyclic) bond motifs is 1. The van der Waals surface area contributed by atoms with Crippen molar-refractivity contribution < 1.29 is 9.84 Å². The van der Waals surface area contributed by atoms with Gasteiger partial charge in [0, 0.05) is 5.56 Å². The summed E-state index contributed by atoms with van der Waals surface area (Å²) in [5, 5.41) is 10.3. The highest BCUT2D eigenvalue weighted by molar-refractivity contribution is 9.09. The van der Waals surface area contributed by atoms with E-state index in [4.69, 9.17) is 4.74 Å². The molecule has 0 amide bonds. The minimum absolute atomic E-state index is 0.0839. The van der Waals surface area contributed by atoms with E-state index in [0.29, 0.717) is 0 Å². The normalized spacial score (nSPS) is 26.2. The van der Waals surface area contributed by atoms with Crippen molar-refractivity contribution in [2.75, 3.05) is 0 Å². The first-order valence-electron chi connectivity index (χ1n) is 6.09. The van der Waals surface area contributed by atoms with Crippen LogP contribution in [0.2, 0.25) is 0 Å². The van der Waals surface area contributed by atoms with Gasteiger partial charge in [0.1, 0.15) is 11.4 Å². The Morgan fingerprint density at radius 1 is 1.41 bits per heavy atom. The van der Waals surface area contributed by atoms with Gasteiger partial charge in [0.2, 0.25) is 0 Å². The predicted octanol–water partition coefficient (Wildman–Crippen LogP) is 3.61. The molecule has 94 valence electrons. The maximum absolute atomic E-state index is 10.3. The summed E-state index contributed by atoms with van der Waals surface area (Å²) in [6.45, 7) is 6.12. The molecule has 1 aromatic rings. The Morgan fingerprint density at radius 2 is 2.12 bits per heavy atom. The molecule has 0 fully saturated rings. The molecule has 0 aliphatic carbocycles. The second-order valence-corrected chi connectivity index (χ2v) is 6.16. The van der Waals surface area contributed by atoms with Crippen LogP contribution in [0.25, 0.3) is 0 Å². The van der Waals surface area contributed by atoms with Gasteiger partial charge in [0.25, 0.3) is 0 Å². The summed E-state index contributed by atoms with van der Waals surface area (Å²) in [6, 6.07) is 6.12. The highest BCUT2D eigenvalue weighted by atomic mass is 79.9. The largest absolute Gasteiger partial charge is 0.486 e. The quantitative estimate of drug-likeness (QED) is 0.845. The highest BCUT2D eigenvalue weighted by Crippen LogP contribution is 2.43. The molecule has 3 heteroatoms. The van der Waals surface area contributed by atoms with Gasteiger partial charge in [-0.15, -0.1) is 0 Å². The molecule has 0 aromatic heterocycles. The van der Waals surface area contributed by atoms with Crippen molar-refractivity contribution in [2.45, 2.75) is 50.1 Å². The van der Waals surface area contributed by atoms with Crippen molar-refractivity contribution in [3.05, 3.63) is 29.3 Å². The first-order valence-corrected chi connectivity index (χ1v) is 7.01. The fraction of sp³-hybridized carbons (Fsp3) is 0.571. The van der Waals surface area contributed by atoms with Crippen LogP contribution in [0.5, 0.6) is 5.75 Å². The third-order valence-corrected chi connectivity index (χ3v) is 4.85. The van der Waals surface area contributed by atoms with Crippen LogP contribution in [0.15, 0.2) is 18.2 Å². The average molecular weight is 299 g/mol. The summed E-state index contributed by atoms with van der Waals surface area (Å²) in [6.07, 6.45) is 1.64. The van der Waals surface area contributed by atoms with Gasteiger partial charge < -0.3 is 9.84 Å². The van der Waals surface area contributed by atoms with E-state index >= 15 is 0 Å². The Kier molecular flexibility index (Phi) is 3.50. The van der Waals surface area contributed by atoms with E-state index in [1.165, 1.54) is 5.56 Å². The Hall–Kier alpha value is -0.540. The molecule has 17 heavy (non-hydrogen) atoms. The van der Waals surface area contributed by atoms with Crippen LogP contribution >= 0.6 is 15.9 Å². The monoisotopic (exact) mass is 298 g/mol. The zero-order valence-corrected chi connectivity index (χ0v) is 12.1. The second kappa shape index (κ2) is 4.62. The summed E-state index contributed by atoms with van der Waals surface area (Å²) in [5.74, 6) is 0.804. The Labute approximate surface area is 111 Å². The molecular weight excluding hydrogens is 280 g/mol. The molecule has 1 aliphatic rings. The number of hydrogen-bond acceptors (Lipinski definition) is 2. The molecule has 0 unspecified atom stereocenters. The Bertz CT molecular complexity index is 415. The summed E-state index contributed by atoms with van der Waals surface area (Å²) in [7, 11) is 0. The van der Waals surface area contributed by atoms with E-state index < -0.39 is 11.7 Å². The van der Waals surface area contributed by atoms with Crippen molar-refractivity contribution in [1.29, 1.82) is 0 Å². The third kappa shape index (κ3) is 2.36. The number of alkyl halides is 1. The van der Waals surface area contributed by atoms with Crippen molar-refractivity contribution in [1.82, 2.24) is 0 Å². The number of ether oxygens (including phenoxy) is 1. The van der Waals surface area contributed by atoms with Gasteiger partial charge in [-0.3, -0.25) is 0 Å². The summed E-state index contributed by atoms with van der Waals surface area (Å²) < 4.78 is 5.93. The SMILES string of the molecule is CCCc1ccc2c(c1)[C@@H](O)[C@H](Br)C(C)(C)O2. The van der Waals surface area contributed by atoms with Crippen molar-refractivity contribution >= 4 is 15.9 Å². The molecule has 0 saturated carbocycles. The molecular formula is C14H19BrO2. The van der Waals surface area contributed by atoms with Gasteiger partial charge in [-0.2, -0.15) is 0 Å². The van der Waals surface area contributed by atoms with Crippen LogP contribution < -0.4 is 4.74 Å². The topological polar surface area (TPSA) is 29.5 Å². The first kappa shape index (κ1) is 12.9. The minimum atomic E-state index is -0.509. The molecule has 2 nitrogen and oxygen atoms in total. The highest BCUT2D eigenvalue weighted by Gasteiger charge is 2.41. The standard InChI is InChI=1S/C14H19BrO2/c1-4-5-9-6-7-11-10(8-9)12(16)13(15)14(2,3)17-11/h6-8,12-13,16H,4-5H2,1-3H3/t12-,13+/m1/s1. The first-order chi connectivity index (χ1) is 7.95. The van der Waals surface area contributed by atoms with Crippen LogP contribution in [-0.4, -0.2) is 15.5 Å². The minimum Gasteiger partial charge on any atom is -0.486 e. The molecule has 0 saturated heterocycles. The molecule has 2 atom stereocenters. The zero-order chi connectivity index (χ0) is 12.6. The summed E-state index contributed by atoms with van der Waals surface area (Å²) in [4.78, 5) is -0.0839. The number of hydrogen-bond donors (Lipinski definition) is 1. The molecule has 2 rings (SSSR count). The van der Waals surface area contributed by atoms with Gasteiger partial charge in [0.05, 0.1) is 10.9 Å². The van der Waals surface area contributed by atoms with Gasteiger partial charge in [-0.05, 0) is 38.0 Å². The van der Waals surface area contributed by atoms with Crippen LogP contribution in [0.3, 0.4) is 0 Å².